The second-order valence-electron chi connectivity index (χ2n) is 7.33. The first-order valence-electron chi connectivity index (χ1n) is 9.41. The molecule has 0 aliphatic carbocycles. The van der Waals surface area contributed by atoms with Gasteiger partial charge in [-0.1, -0.05) is 12.1 Å². The van der Waals surface area contributed by atoms with Gasteiger partial charge in [0.1, 0.15) is 17.5 Å². The fourth-order valence-electron chi connectivity index (χ4n) is 2.83. The molecule has 0 saturated carbocycles. The van der Waals surface area contributed by atoms with E-state index in [1.807, 2.05) is 12.1 Å². The van der Waals surface area contributed by atoms with E-state index >= 15 is 0 Å². The first kappa shape index (κ1) is 21.7. The highest BCUT2D eigenvalue weighted by Crippen LogP contribution is 2.25. The van der Waals surface area contributed by atoms with Gasteiger partial charge in [-0.05, 0) is 44.2 Å². The third kappa shape index (κ3) is 5.12. The van der Waals surface area contributed by atoms with Crippen LogP contribution in [0.5, 0.6) is 0 Å². The molecule has 9 heteroatoms. The highest BCUT2D eigenvalue weighted by Gasteiger charge is 2.17. The van der Waals surface area contributed by atoms with Gasteiger partial charge < -0.3 is 21.9 Å². The highest BCUT2D eigenvalue weighted by atomic mass is 19.1. The number of halogens is 1. The fraction of sp³-hybridized carbons (Fsp3) is 0.182. The second-order valence-corrected chi connectivity index (χ2v) is 7.33. The minimum Gasteiger partial charge on any atom is -0.396 e. The predicted octanol–water partition coefficient (Wildman–Crippen LogP) is 2.41. The molecule has 2 aromatic heterocycles. The zero-order chi connectivity index (χ0) is 22.6. The molecule has 1 aromatic carbocycles. The predicted molar refractivity (Wildman–Crippen MR) is 115 cm³/mol. The summed E-state index contributed by atoms with van der Waals surface area (Å²) in [7, 11) is 0. The number of hydrogen-bond donors (Lipinski definition) is 4. The summed E-state index contributed by atoms with van der Waals surface area (Å²) in [5, 5.41) is 22.2. The third-order valence-electron chi connectivity index (χ3n) is 4.41. The normalized spacial score (nSPS) is 11.8. The number of nitrogen functional groups attached to an aromatic ring is 1. The van der Waals surface area contributed by atoms with Gasteiger partial charge in [-0.15, -0.1) is 0 Å². The van der Waals surface area contributed by atoms with Crippen molar-refractivity contribution in [3.63, 3.8) is 0 Å². The maximum atomic E-state index is 14.5. The van der Waals surface area contributed by atoms with Crippen molar-refractivity contribution in [2.45, 2.75) is 26.0 Å². The number of aliphatic hydroxyl groups is 1. The van der Waals surface area contributed by atoms with E-state index in [2.05, 4.69) is 20.3 Å². The van der Waals surface area contributed by atoms with Gasteiger partial charge >= 0.3 is 0 Å². The Morgan fingerprint density at radius 1 is 1.23 bits per heavy atom. The van der Waals surface area contributed by atoms with Crippen LogP contribution in [0.25, 0.3) is 17.0 Å². The van der Waals surface area contributed by atoms with E-state index in [0.29, 0.717) is 23.6 Å². The van der Waals surface area contributed by atoms with Gasteiger partial charge in [0.05, 0.1) is 40.6 Å². The maximum Gasteiger partial charge on any atom is 0.221 e. The highest BCUT2D eigenvalue weighted by molar-refractivity contribution is 5.69. The van der Waals surface area contributed by atoms with E-state index in [0.717, 1.165) is 0 Å². The molecule has 0 saturated heterocycles. The summed E-state index contributed by atoms with van der Waals surface area (Å²) in [5.41, 5.74) is 12.9. The molecule has 8 nitrogen and oxygen atoms in total. The number of hydrogen-bond acceptors (Lipinski definition) is 8. The number of anilines is 1. The molecule has 0 aliphatic rings. The molecule has 3 aromatic rings. The van der Waals surface area contributed by atoms with Crippen LogP contribution in [0.2, 0.25) is 0 Å². The number of nitrogens with two attached hydrogens (primary N) is 2. The Labute approximate surface area is 179 Å². The van der Waals surface area contributed by atoms with Crippen LogP contribution in [0.1, 0.15) is 36.5 Å². The van der Waals surface area contributed by atoms with Crippen molar-refractivity contribution in [2.24, 2.45) is 5.73 Å². The molecular formula is C22H22FN7O. The molecule has 0 atom stereocenters. The molecule has 3 rings (SSSR count). The molecule has 0 bridgehead atoms. The van der Waals surface area contributed by atoms with Crippen molar-refractivity contribution in [1.82, 2.24) is 20.3 Å². The van der Waals surface area contributed by atoms with Gasteiger partial charge in [0.2, 0.25) is 5.95 Å². The standard InChI is InChI=1S/C22H22FN7O/c1-22(2,31)19-8-4-6-14(28-19)11-27-12-16(25)18-9-17(29-21(26)30-18)15-7-3-5-13(10-24)20(15)23/h3-9,12,27,31H,11,25H2,1-2H3,(H2,26,29,30)/b16-12-. The number of nitriles is 1. The quantitative estimate of drug-likeness (QED) is 0.476. The first-order valence-corrected chi connectivity index (χ1v) is 9.41. The summed E-state index contributed by atoms with van der Waals surface area (Å²) in [4.78, 5) is 12.6. The average molecular weight is 419 g/mol. The van der Waals surface area contributed by atoms with E-state index in [-0.39, 0.29) is 28.5 Å². The minimum atomic E-state index is -1.04. The molecule has 0 amide bonds. The number of nitrogens with zero attached hydrogens (tertiary/aromatic N) is 4. The van der Waals surface area contributed by atoms with Crippen molar-refractivity contribution in [2.75, 3.05) is 5.73 Å². The fourth-order valence-corrected chi connectivity index (χ4v) is 2.83. The lowest BCUT2D eigenvalue weighted by molar-refractivity contribution is 0.0736. The summed E-state index contributed by atoms with van der Waals surface area (Å²) in [6.07, 6.45) is 1.53. The van der Waals surface area contributed by atoms with Crippen LogP contribution >= 0.6 is 0 Å². The Morgan fingerprint density at radius 2 is 1.97 bits per heavy atom. The molecule has 0 radical (unpaired) electrons. The van der Waals surface area contributed by atoms with E-state index in [1.165, 1.54) is 24.4 Å². The Hall–Kier alpha value is -4.03. The number of nitrogens with one attached hydrogen (secondary N) is 1. The van der Waals surface area contributed by atoms with Crippen molar-refractivity contribution in [3.05, 3.63) is 77.1 Å². The summed E-state index contributed by atoms with van der Waals surface area (Å²) in [6, 6.07) is 13.1. The number of benzene rings is 1. The topological polar surface area (TPSA) is 147 Å². The van der Waals surface area contributed by atoms with Crippen LogP contribution in [0, 0.1) is 17.1 Å². The molecular weight excluding hydrogens is 397 g/mol. The number of aromatic nitrogens is 3. The van der Waals surface area contributed by atoms with Crippen molar-refractivity contribution in [3.8, 4) is 17.3 Å². The van der Waals surface area contributed by atoms with Gasteiger partial charge in [-0.25, -0.2) is 14.4 Å². The largest absolute Gasteiger partial charge is 0.396 e. The smallest absolute Gasteiger partial charge is 0.221 e. The first-order chi connectivity index (χ1) is 14.7. The molecule has 0 aliphatic heterocycles. The van der Waals surface area contributed by atoms with Crippen LogP contribution in [-0.2, 0) is 12.1 Å². The Kier molecular flexibility index (Phi) is 6.13. The molecule has 6 N–H and O–H groups in total. The van der Waals surface area contributed by atoms with Gasteiger partial charge in [0, 0.05) is 11.8 Å². The zero-order valence-corrected chi connectivity index (χ0v) is 17.1. The SMILES string of the molecule is CC(C)(O)c1cccc(CN/C=C(\N)c2cc(-c3cccc(C#N)c3F)nc(N)n2)n1. The van der Waals surface area contributed by atoms with Gasteiger partial charge in [0.25, 0.3) is 0 Å². The van der Waals surface area contributed by atoms with E-state index in [4.69, 9.17) is 16.7 Å². The van der Waals surface area contributed by atoms with Gasteiger partial charge in [-0.3, -0.25) is 4.98 Å². The lowest BCUT2D eigenvalue weighted by atomic mass is 10.0. The van der Waals surface area contributed by atoms with Crippen LogP contribution < -0.4 is 16.8 Å². The Balaban J connectivity index is 1.82. The number of pyridine rings is 1. The maximum absolute atomic E-state index is 14.5. The van der Waals surface area contributed by atoms with Crippen molar-refractivity contribution in [1.29, 1.82) is 5.26 Å². The van der Waals surface area contributed by atoms with E-state index in [9.17, 15) is 9.50 Å². The molecule has 0 fully saturated rings. The molecule has 158 valence electrons. The monoisotopic (exact) mass is 419 g/mol. The summed E-state index contributed by atoms with van der Waals surface area (Å²) >= 11 is 0. The molecule has 31 heavy (non-hydrogen) atoms. The summed E-state index contributed by atoms with van der Waals surface area (Å²) < 4.78 is 14.5. The summed E-state index contributed by atoms with van der Waals surface area (Å²) in [5.74, 6) is -0.766. The number of rotatable bonds is 6. The second kappa shape index (κ2) is 8.77. The van der Waals surface area contributed by atoms with Gasteiger partial charge in [-0.2, -0.15) is 5.26 Å². The van der Waals surface area contributed by atoms with Crippen LogP contribution in [0.3, 0.4) is 0 Å². The third-order valence-corrected chi connectivity index (χ3v) is 4.41. The minimum absolute atomic E-state index is 0.0786. The molecule has 2 heterocycles. The van der Waals surface area contributed by atoms with Gasteiger partial charge in [0.15, 0.2) is 0 Å². The lowest BCUT2D eigenvalue weighted by Crippen LogP contribution is -2.19. The lowest BCUT2D eigenvalue weighted by Gasteiger charge is -2.17. The Morgan fingerprint density at radius 3 is 2.68 bits per heavy atom. The average Bonchev–Trinajstić information content (AvgIpc) is 2.73. The van der Waals surface area contributed by atoms with Crippen LogP contribution in [0.4, 0.5) is 10.3 Å². The van der Waals surface area contributed by atoms with E-state index < -0.39 is 11.4 Å². The summed E-state index contributed by atoms with van der Waals surface area (Å²) in [6.45, 7) is 3.68. The van der Waals surface area contributed by atoms with Crippen LogP contribution in [0.15, 0.2) is 48.7 Å². The zero-order valence-electron chi connectivity index (χ0n) is 17.1. The van der Waals surface area contributed by atoms with E-state index in [1.54, 1.807) is 32.0 Å². The van der Waals surface area contributed by atoms with Crippen molar-refractivity contribution >= 4 is 11.6 Å². The molecule has 0 unspecified atom stereocenters. The van der Waals surface area contributed by atoms with Crippen LogP contribution in [-0.4, -0.2) is 20.1 Å². The van der Waals surface area contributed by atoms with Crippen molar-refractivity contribution < 1.29 is 9.50 Å². The Bertz CT molecular complexity index is 1180. The molecule has 0 spiro atoms.